The second kappa shape index (κ2) is 6.92. The Morgan fingerprint density at radius 1 is 1.39 bits per heavy atom. The van der Waals surface area contributed by atoms with E-state index in [-0.39, 0.29) is 29.3 Å². The molecular weight excluding hydrogens is 332 g/mol. The van der Waals surface area contributed by atoms with Gasteiger partial charge >= 0.3 is 0 Å². The Morgan fingerprint density at radius 2 is 2.06 bits per heavy atom. The normalized spacial score (nSPS) is 9.83. The average Bonchev–Trinajstić information content (AvgIpc) is 2.75. The molecule has 0 bridgehead atoms. The summed E-state index contributed by atoms with van der Waals surface area (Å²) in [6, 6.07) is 7.56. The van der Waals surface area contributed by atoms with Gasteiger partial charge in [0, 0.05) is 22.0 Å². The lowest BCUT2D eigenvalue weighted by Gasteiger charge is -2.03. The highest BCUT2D eigenvalue weighted by molar-refractivity contribution is 8.93. The van der Waals surface area contributed by atoms with Crippen LogP contribution in [0.1, 0.15) is 10.4 Å². The molecule has 0 spiro atoms. The van der Waals surface area contributed by atoms with Crippen molar-refractivity contribution in [3.8, 4) is 0 Å². The summed E-state index contributed by atoms with van der Waals surface area (Å²) < 4.78 is 1.65. The topological polar surface area (TPSA) is 45.9 Å². The summed E-state index contributed by atoms with van der Waals surface area (Å²) in [7, 11) is 0. The van der Waals surface area contributed by atoms with Gasteiger partial charge in [0.25, 0.3) is 0 Å². The molecule has 6 heteroatoms. The SMILES string of the molecule is Br.CSc1ccc(C(=O)Cn2ccsc2=N)cc1. The number of hydrogen-bond donors (Lipinski definition) is 1. The molecule has 18 heavy (non-hydrogen) atoms. The van der Waals surface area contributed by atoms with Gasteiger partial charge in [0.15, 0.2) is 10.6 Å². The number of nitrogens with one attached hydrogen (secondary N) is 1. The van der Waals surface area contributed by atoms with Crippen LogP contribution in [0.15, 0.2) is 40.7 Å². The summed E-state index contributed by atoms with van der Waals surface area (Å²) >= 11 is 2.97. The van der Waals surface area contributed by atoms with Crippen LogP contribution >= 0.6 is 40.1 Å². The van der Waals surface area contributed by atoms with Crippen molar-refractivity contribution >= 4 is 45.9 Å². The van der Waals surface area contributed by atoms with Gasteiger partial charge in [0.1, 0.15) is 0 Å². The summed E-state index contributed by atoms with van der Waals surface area (Å²) in [6.07, 6.45) is 3.77. The molecule has 1 heterocycles. The number of Topliss-reactive ketones (excluding diaryl/α,β-unsaturated/α-hetero) is 1. The van der Waals surface area contributed by atoms with Crippen molar-refractivity contribution in [2.45, 2.75) is 11.4 Å². The van der Waals surface area contributed by atoms with Crippen LogP contribution in [-0.2, 0) is 6.54 Å². The van der Waals surface area contributed by atoms with Crippen LogP contribution in [-0.4, -0.2) is 16.6 Å². The molecule has 1 aromatic heterocycles. The fraction of sp³-hybridized carbons (Fsp3) is 0.167. The summed E-state index contributed by atoms with van der Waals surface area (Å²) in [5, 5.41) is 9.41. The summed E-state index contributed by atoms with van der Waals surface area (Å²) in [5.74, 6) is 0.0366. The highest BCUT2D eigenvalue weighted by atomic mass is 79.9. The van der Waals surface area contributed by atoms with Crippen molar-refractivity contribution in [3.63, 3.8) is 0 Å². The zero-order valence-corrected chi connectivity index (χ0v) is 13.1. The number of ketones is 1. The predicted octanol–water partition coefficient (Wildman–Crippen LogP) is 3.21. The quantitative estimate of drug-likeness (QED) is 0.683. The number of hydrogen-bond acceptors (Lipinski definition) is 4. The second-order valence-corrected chi connectivity index (χ2v) is 5.26. The number of nitrogens with zero attached hydrogens (tertiary/aromatic N) is 1. The molecule has 0 radical (unpaired) electrons. The summed E-state index contributed by atoms with van der Waals surface area (Å²) in [5.41, 5.74) is 0.695. The van der Waals surface area contributed by atoms with Crippen molar-refractivity contribution in [1.82, 2.24) is 4.57 Å². The molecule has 0 aliphatic carbocycles. The van der Waals surface area contributed by atoms with Crippen molar-refractivity contribution < 1.29 is 4.79 Å². The number of thioether (sulfide) groups is 1. The van der Waals surface area contributed by atoms with Crippen molar-refractivity contribution in [3.05, 3.63) is 46.2 Å². The van der Waals surface area contributed by atoms with E-state index in [9.17, 15) is 4.79 Å². The molecule has 0 atom stereocenters. The van der Waals surface area contributed by atoms with E-state index in [1.54, 1.807) is 22.5 Å². The molecule has 0 saturated carbocycles. The third-order valence-electron chi connectivity index (χ3n) is 2.41. The number of halogens is 1. The van der Waals surface area contributed by atoms with E-state index in [0.29, 0.717) is 10.4 Å². The maximum absolute atomic E-state index is 12.0. The van der Waals surface area contributed by atoms with Gasteiger partial charge in [0.2, 0.25) is 0 Å². The Morgan fingerprint density at radius 3 is 2.56 bits per heavy atom. The molecule has 0 unspecified atom stereocenters. The molecule has 0 aliphatic heterocycles. The molecule has 2 aromatic rings. The van der Waals surface area contributed by atoms with Gasteiger partial charge in [-0.05, 0) is 18.4 Å². The molecule has 0 fully saturated rings. The van der Waals surface area contributed by atoms with Gasteiger partial charge in [0.05, 0.1) is 6.54 Å². The zero-order chi connectivity index (χ0) is 12.3. The first-order chi connectivity index (χ1) is 8.20. The first-order valence-electron chi connectivity index (χ1n) is 5.06. The van der Waals surface area contributed by atoms with Crippen LogP contribution in [0.2, 0.25) is 0 Å². The van der Waals surface area contributed by atoms with Gasteiger partial charge < -0.3 is 4.57 Å². The second-order valence-electron chi connectivity index (χ2n) is 3.49. The number of carbonyl (C=O) groups is 1. The Kier molecular flexibility index (Phi) is 5.84. The van der Waals surface area contributed by atoms with E-state index in [4.69, 9.17) is 5.41 Å². The number of aromatic nitrogens is 1. The smallest absolute Gasteiger partial charge is 0.182 e. The maximum Gasteiger partial charge on any atom is 0.182 e. The zero-order valence-electron chi connectivity index (χ0n) is 9.75. The molecule has 2 rings (SSSR count). The molecule has 3 nitrogen and oxygen atoms in total. The van der Waals surface area contributed by atoms with Gasteiger partial charge in [-0.2, -0.15) is 0 Å². The third-order valence-corrected chi connectivity index (χ3v) is 3.87. The van der Waals surface area contributed by atoms with Crippen LogP contribution < -0.4 is 4.80 Å². The Balaban J connectivity index is 0.00000162. The first kappa shape index (κ1) is 15.2. The highest BCUT2D eigenvalue weighted by Crippen LogP contribution is 2.15. The van der Waals surface area contributed by atoms with Crippen LogP contribution in [0.3, 0.4) is 0 Å². The van der Waals surface area contributed by atoms with E-state index < -0.39 is 0 Å². The van der Waals surface area contributed by atoms with Crippen LogP contribution in [0.25, 0.3) is 0 Å². The molecule has 0 saturated heterocycles. The number of thiazole rings is 1. The fourth-order valence-electron chi connectivity index (χ4n) is 1.45. The first-order valence-corrected chi connectivity index (χ1v) is 7.17. The van der Waals surface area contributed by atoms with Gasteiger partial charge in [-0.25, -0.2) is 0 Å². The molecule has 96 valence electrons. The number of rotatable bonds is 4. The largest absolute Gasteiger partial charge is 0.316 e. The molecule has 0 aliphatic rings. The van der Waals surface area contributed by atoms with E-state index in [2.05, 4.69) is 0 Å². The molecular formula is C12H13BrN2OS2. The minimum atomic E-state index is 0. The standard InChI is InChI=1S/C12H12N2OS2.BrH/c1-16-10-4-2-9(3-5-10)11(15)8-14-6-7-17-12(14)13;/h2-7,13H,8H2,1H3;1H. The van der Waals surface area contributed by atoms with E-state index in [0.717, 1.165) is 4.90 Å². The Hall–Kier alpha value is -0.850. The van der Waals surface area contributed by atoms with Crippen molar-refractivity contribution in [2.75, 3.05) is 6.26 Å². The van der Waals surface area contributed by atoms with Crippen LogP contribution in [0.5, 0.6) is 0 Å². The number of carbonyl (C=O) groups excluding carboxylic acids is 1. The predicted molar refractivity (Wildman–Crippen MR) is 81.0 cm³/mol. The lowest BCUT2D eigenvalue weighted by molar-refractivity contribution is 0.0971. The lowest BCUT2D eigenvalue weighted by Crippen LogP contribution is -2.18. The fourth-order valence-corrected chi connectivity index (χ4v) is 2.46. The maximum atomic E-state index is 12.0. The van der Waals surface area contributed by atoms with E-state index in [1.807, 2.05) is 35.9 Å². The summed E-state index contributed by atoms with van der Waals surface area (Å²) in [6.45, 7) is 0.237. The Labute approximate surface area is 124 Å². The molecule has 1 N–H and O–H groups in total. The lowest BCUT2D eigenvalue weighted by atomic mass is 10.1. The average molecular weight is 345 g/mol. The molecule has 0 amide bonds. The van der Waals surface area contributed by atoms with E-state index >= 15 is 0 Å². The van der Waals surface area contributed by atoms with Crippen LogP contribution in [0, 0.1) is 5.41 Å². The monoisotopic (exact) mass is 344 g/mol. The summed E-state index contributed by atoms with van der Waals surface area (Å²) in [4.78, 5) is 13.5. The van der Waals surface area contributed by atoms with Crippen molar-refractivity contribution in [1.29, 1.82) is 5.41 Å². The van der Waals surface area contributed by atoms with Gasteiger partial charge in [-0.15, -0.1) is 40.1 Å². The molecule has 1 aromatic carbocycles. The Bertz CT molecular complexity index is 574. The number of benzene rings is 1. The van der Waals surface area contributed by atoms with Crippen LogP contribution in [0.4, 0.5) is 0 Å². The van der Waals surface area contributed by atoms with E-state index in [1.165, 1.54) is 11.3 Å². The van der Waals surface area contributed by atoms with Gasteiger partial charge in [-0.3, -0.25) is 10.2 Å². The van der Waals surface area contributed by atoms with Gasteiger partial charge in [-0.1, -0.05) is 12.1 Å². The highest BCUT2D eigenvalue weighted by Gasteiger charge is 2.07. The minimum absolute atomic E-state index is 0. The van der Waals surface area contributed by atoms with Crippen molar-refractivity contribution in [2.24, 2.45) is 0 Å². The minimum Gasteiger partial charge on any atom is -0.316 e. The third kappa shape index (κ3) is 3.57.